The number of piperazine rings is 1. The van der Waals surface area contributed by atoms with E-state index in [2.05, 4.69) is 76.0 Å². The molecule has 0 amide bonds. The summed E-state index contributed by atoms with van der Waals surface area (Å²) in [6.07, 6.45) is 4.94. The van der Waals surface area contributed by atoms with E-state index < -0.39 is 0 Å². The molecule has 0 atom stereocenters. The van der Waals surface area contributed by atoms with Crippen molar-refractivity contribution >= 4 is 0 Å². The van der Waals surface area contributed by atoms with Gasteiger partial charge in [-0.3, -0.25) is 0 Å². The molecule has 0 aliphatic carbocycles. The van der Waals surface area contributed by atoms with Crippen LogP contribution < -0.4 is 5.32 Å². The van der Waals surface area contributed by atoms with Crippen LogP contribution in [0.3, 0.4) is 0 Å². The van der Waals surface area contributed by atoms with Crippen molar-refractivity contribution in [2.75, 3.05) is 39.3 Å². The van der Waals surface area contributed by atoms with E-state index in [-0.39, 0.29) is 0 Å². The standard InChI is InChI=1S/C23H31N3/c1-3-7-21(8-4-1)19-23(20-22-9-5-2-6-10-22)11-15-25(16-12-23)26-17-13-24-14-18-26/h1-10,24H,11-20H2. The molecule has 2 aliphatic rings. The Labute approximate surface area is 158 Å². The molecular formula is C23H31N3. The van der Waals surface area contributed by atoms with Gasteiger partial charge in [-0.2, -0.15) is 0 Å². The molecule has 2 fully saturated rings. The predicted molar refractivity (Wildman–Crippen MR) is 108 cm³/mol. The van der Waals surface area contributed by atoms with Crippen molar-refractivity contribution in [3.63, 3.8) is 0 Å². The van der Waals surface area contributed by atoms with Crippen LogP contribution in [0.25, 0.3) is 0 Å². The molecule has 2 aromatic carbocycles. The minimum Gasteiger partial charge on any atom is -0.314 e. The summed E-state index contributed by atoms with van der Waals surface area (Å²) in [6.45, 7) is 6.94. The molecule has 0 aromatic heterocycles. The monoisotopic (exact) mass is 349 g/mol. The average molecular weight is 350 g/mol. The van der Waals surface area contributed by atoms with E-state index in [0.717, 1.165) is 26.2 Å². The fourth-order valence-electron chi connectivity index (χ4n) is 4.66. The van der Waals surface area contributed by atoms with Crippen molar-refractivity contribution in [1.29, 1.82) is 0 Å². The molecule has 0 saturated carbocycles. The molecule has 2 aliphatic heterocycles. The van der Waals surface area contributed by atoms with E-state index in [0.29, 0.717) is 5.41 Å². The van der Waals surface area contributed by atoms with E-state index in [1.54, 1.807) is 0 Å². The summed E-state index contributed by atoms with van der Waals surface area (Å²) in [7, 11) is 0. The normalized spacial score (nSPS) is 21.5. The van der Waals surface area contributed by atoms with E-state index in [1.165, 1.54) is 49.9 Å². The van der Waals surface area contributed by atoms with Gasteiger partial charge in [-0.1, -0.05) is 60.7 Å². The molecule has 0 spiro atoms. The van der Waals surface area contributed by atoms with Gasteiger partial charge in [0, 0.05) is 39.3 Å². The van der Waals surface area contributed by atoms with Crippen LogP contribution in [0.15, 0.2) is 60.7 Å². The van der Waals surface area contributed by atoms with E-state index >= 15 is 0 Å². The van der Waals surface area contributed by atoms with Crippen LogP contribution in [0.4, 0.5) is 0 Å². The fourth-order valence-corrected chi connectivity index (χ4v) is 4.66. The summed E-state index contributed by atoms with van der Waals surface area (Å²) < 4.78 is 0. The second-order valence-corrected chi connectivity index (χ2v) is 7.98. The van der Waals surface area contributed by atoms with Crippen molar-refractivity contribution in [3.8, 4) is 0 Å². The Balaban J connectivity index is 1.48. The molecule has 4 rings (SSSR count). The van der Waals surface area contributed by atoms with Crippen molar-refractivity contribution in [3.05, 3.63) is 71.8 Å². The van der Waals surface area contributed by atoms with Crippen molar-refractivity contribution < 1.29 is 0 Å². The Morgan fingerprint density at radius 2 is 1.12 bits per heavy atom. The van der Waals surface area contributed by atoms with Gasteiger partial charge in [0.1, 0.15) is 0 Å². The van der Waals surface area contributed by atoms with E-state index in [1.807, 2.05) is 0 Å². The van der Waals surface area contributed by atoms with Crippen LogP contribution in [0.5, 0.6) is 0 Å². The van der Waals surface area contributed by atoms with Gasteiger partial charge in [-0.25, -0.2) is 10.0 Å². The highest BCUT2D eigenvalue weighted by molar-refractivity contribution is 5.21. The highest BCUT2D eigenvalue weighted by atomic mass is 15.6. The third-order valence-electron chi connectivity index (χ3n) is 6.14. The lowest BCUT2D eigenvalue weighted by molar-refractivity contribution is -0.0736. The number of hydrazine groups is 1. The van der Waals surface area contributed by atoms with Gasteiger partial charge in [0.15, 0.2) is 0 Å². The third kappa shape index (κ3) is 4.35. The number of benzene rings is 2. The molecule has 2 aromatic rings. The van der Waals surface area contributed by atoms with Crippen LogP contribution in [0.1, 0.15) is 24.0 Å². The number of rotatable bonds is 5. The lowest BCUT2D eigenvalue weighted by atomic mass is 9.70. The van der Waals surface area contributed by atoms with Crippen LogP contribution in [0.2, 0.25) is 0 Å². The van der Waals surface area contributed by atoms with Gasteiger partial charge in [-0.05, 0) is 42.2 Å². The molecule has 0 bridgehead atoms. The van der Waals surface area contributed by atoms with Gasteiger partial charge >= 0.3 is 0 Å². The molecule has 0 unspecified atom stereocenters. The summed E-state index contributed by atoms with van der Waals surface area (Å²) in [5.41, 5.74) is 3.35. The van der Waals surface area contributed by atoms with Crippen LogP contribution in [0, 0.1) is 5.41 Å². The molecular weight excluding hydrogens is 318 g/mol. The molecule has 1 N–H and O–H groups in total. The van der Waals surface area contributed by atoms with Crippen molar-refractivity contribution in [2.24, 2.45) is 5.41 Å². The predicted octanol–water partition coefficient (Wildman–Crippen LogP) is 3.37. The zero-order valence-electron chi connectivity index (χ0n) is 15.7. The molecule has 3 heteroatoms. The Morgan fingerprint density at radius 1 is 0.654 bits per heavy atom. The summed E-state index contributed by atoms with van der Waals surface area (Å²) in [5.74, 6) is 0. The third-order valence-corrected chi connectivity index (χ3v) is 6.14. The smallest absolute Gasteiger partial charge is 0.0259 e. The van der Waals surface area contributed by atoms with Crippen molar-refractivity contribution in [1.82, 2.24) is 15.3 Å². The number of hydrogen-bond acceptors (Lipinski definition) is 3. The molecule has 2 heterocycles. The lowest BCUT2D eigenvalue weighted by Crippen LogP contribution is -2.56. The fraction of sp³-hybridized carbons (Fsp3) is 0.478. The Kier molecular flexibility index (Phi) is 5.68. The lowest BCUT2D eigenvalue weighted by Gasteiger charge is -2.47. The Morgan fingerprint density at radius 3 is 1.62 bits per heavy atom. The first kappa shape index (κ1) is 17.7. The van der Waals surface area contributed by atoms with Crippen LogP contribution in [-0.4, -0.2) is 49.3 Å². The van der Waals surface area contributed by atoms with Gasteiger partial charge in [0.2, 0.25) is 0 Å². The molecule has 138 valence electrons. The van der Waals surface area contributed by atoms with Gasteiger partial charge in [0.25, 0.3) is 0 Å². The van der Waals surface area contributed by atoms with E-state index in [4.69, 9.17) is 0 Å². The number of hydrogen-bond donors (Lipinski definition) is 1. The van der Waals surface area contributed by atoms with Gasteiger partial charge in [0.05, 0.1) is 0 Å². The highest BCUT2D eigenvalue weighted by Crippen LogP contribution is 2.39. The zero-order chi connectivity index (χ0) is 17.7. The van der Waals surface area contributed by atoms with E-state index in [9.17, 15) is 0 Å². The summed E-state index contributed by atoms with van der Waals surface area (Å²) in [4.78, 5) is 0. The highest BCUT2D eigenvalue weighted by Gasteiger charge is 2.36. The minimum atomic E-state index is 0.382. The van der Waals surface area contributed by atoms with Crippen LogP contribution >= 0.6 is 0 Å². The zero-order valence-corrected chi connectivity index (χ0v) is 15.7. The molecule has 26 heavy (non-hydrogen) atoms. The number of nitrogens with one attached hydrogen (secondary N) is 1. The first-order valence-electron chi connectivity index (χ1n) is 10.1. The first-order valence-corrected chi connectivity index (χ1v) is 10.1. The largest absolute Gasteiger partial charge is 0.314 e. The average Bonchev–Trinajstić information content (AvgIpc) is 2.71. The minimum absolute atomic E-state index is 0.382. The summed E-state index contributed by atoms with van der Waals surface area (Å²) in [6, 6.07) is 22.2. The quantitative estimate of drug-likeness (QED) is 0.893. The second-order valence-electron chi connectivity index (χ2n) is 7.98. The Bertz CT molecular complexity index is 613. The SMILES string of the molecule is c1ccc(CC2(Cc3ccccc3)CCN(N3CCNCC3)CC2)cc1. The summed E-state index contributed by atoms with van der Waals surface area (Å²) in [5, 5.41) is 8.66. The molecule has 3 nitrogen and oxygen atoms in total. The molecule has 0 radical (unpaired) electrons. The summed E-state index contributed by atoms with van der Waals surface area (Å²) >= 11 is 0. The second kappa shape index (κ2) is 8.34. The van der Waals surface area contributed by atoms with Gasteiger partial charge < -0.3 is 5.32 Å². The maximum Gasteiger partial charge on any atom is 0.0259 e. The maximum atomic E-state index is 3.47. The first-order chi connectivity index (χ1) is 12.8. The Hall–Kier alpha value is -1.68. The number of piperidine rings is 1. The number of nitrogens with zero attached hydrogens (tertiary/aromatic N) is 2. The van der Waals surface area contributed by atoms with Gasteiger partial charge in [-0.15, -0.1) is 0 Å². The van der Waals surface area contributed by atoms with Crippen LogP contribution in [-0.2, 0) is 12.8 Å². The van der Waals surface area contributed by atoms with Crippen molar-refractivity contribution in [2.45, 2.75) is 25.7 Å². The topological polar surface area (TPSA) is 18.5 Å². The maximum absolute atomic E-state index is 3.47. The molecule has 2 saturated heterocycles.